The van der Waals surface area contributed by atoms with Crippen molar-refractivity contribution in [3.8, 4) is 0 Å². The molecule has 12 unspecified atom stereocenters. The van der Waals surface area contributed by atoms with Gasteiger partial charge in [-0.1, -0.05) is 183 Å². The predicted molar refractivity (Wildman–Crippen MR) is 281 cm³/mol. The molecule has 71 heavy (non-hydrogen) atoms. The summed E-state index contributed by atoms with van der Waals surface area (Å²) < 4.78 is 22.7. The Bertz CT molecular complexity index is 1470. The highest BCUT2D eigenvalue weighted by Crippen LogP contribution is 2.30. The first-order chi connectivity index (χ1) is 34.6. The molecule has 2 rings (SSSR count). The van der Waals surface area contributed by atoms with E-state index in [1.54, 1.807) is 6.08 Å². The van der Waals surface area contributed by atoms with Gasteiger partial charge in [-0.3, -0.25) is 4.79 Å². The zero-order chi connectivity index (χ0) is 51.7. The topological polar surface area (TPSA) is 228 Å². The molecule has 0 spiro atoms. The molecule has 0 radical (unpaired) electrons. The Morgan fingerprint density at radius 3 is 1.55 bits per heavy atom. The summed E-state index contributed by atoms with van der Waals surface area (Å²) in [6.45, 7) is 2.63. The van der Waals surface area contributed by atoms with E-state index in [2.05, 4.69) is 79.9 Å². The van der Waals surface area contributed by atoms with Crippen molar-refractivity contribution < 1.29 is 64.6 Å². The average molecular weight is 1010 g/mol. The number of carbonyl (C=O) groups excluding carboxylic acids is 1. The summed E-state index contributed by atoms with van der Waals surface area (Å²) in [4.78, 5) is 13.2. The molecule has 0 aromatic heterocycles. The molecule has 2 aliphatic rings. The molecule has 410 valence electrons. The third-order valence-corrected chi connectivity index (χ3v) is 13.1. The second kappa shape index (κ2) is 42.8. The second-order valence-electron chi connectivity index (χ2n) is 19.3. The summed E-state index contributed by atoms with van der Waals surface area (Å²) >= 11 is 0. The molecule has 2 saturated heterocycles. The van der Waals surface area contributed by atoms with Crippen LogP contribution in [-0.4, -0.2) is 140 Å². The lowest BCUT2D eigenvalue weighted by Crippen LogP contribution is -2.65. The van der Waals surface area contributed by atoms with Gasteiger partial charge >= 0.3 is 0 Å². The minimum atomic E-state index is -1.80. The largest absolute Gasteiger partial charge is 0.394 e. The maximum absolute atomic E-state index is 13.2. The van der Waals surface area contributed by atoms with Gasteiger partial charge in [-0.25, -0.2) is 0 Å². The van der Waals surface area contributed by atoms with Gasteiger partial charge in [-0.2, -0.15) is 0 Å². The zero-order valence-electron chi connectivity index (χ0n) is 43.7. The van der Waals surface area contributed by atoms with Gasteiger partial charge in [0.05, 0.1) is 32.0 Å². The first-order valence-electron chi connectivity index (χ1n) is 27.7. The smallest absolute Gasteiger partial charge is 0.220 e. The maximum atomic E-state index is 13.2. The molecule has 2 heterocycles. The fourth-order valence-corrected chi connectivity index (χ4v) is 8.65. The van der Waals surface area contributed by atoms with Crippen molar-refractivity contribution in [3.05, 3.63) is 72.9 Å². The van der Waals surface area contributed by atoms with Crippen LogP contribution < -0.4 is 5.32 Å². The van der Waals surface area contributed by atoms with Gasteiger partial charge in [0.25, 0.3) is 0 Å². The van der Waals surface area contributed by atoms with E-state index in [-0.39, 0.29) is 18.9 Å². The van der Waals surface area contributed by atoms with E-state index in [0.717, 1.165) is 64.2 Å². The van der Waals surface area contributed by atoms with E-state index in [0.29, 0.717) is 12.8 Å². The molecule has 0 aromatic rings. The number of hydrogen-bond donors (Lipinski definition) is 9. The molecule has 0 aliphatic carbocycles. The fourth-order valence-electron chi connectivity index (χ4n) is 8.65. The summed E-state index contributed by atoms with van der Waals surface area (Å²) in [5.74, 6) is -0.275. The Kier molecular flexibility index (Phi) is 38.9. The Morgan fingerprint density at radius 2 is 0.986 bits per heavy atom. The van der Waals surface area contributed by atoms with Gasteiger partial charge in [0, 0.05) is 6.42 Å². The van der Waals surface area contributed by atoms with Crippen molar-refractivity contribution in [2.24, 2.45) is 0 Å². The standard InChI is InChI=1S/C57H99NO13/c1-3-5-7-9-11-13-15-17-19-21-22-23-25-26-28-30-32-34-36-38-40-46(61)45(58-49(62)41-39-37-35-33-31-29-27-24-20-18-16-14-12-10-8-6-4-2)44-68-56-54(67)52(65)55(48(43-60)70-56)71-57-53(66)51(64)50(63)47(42-59)69-57/h6,8,12,14,18,20,27,29-30,32,38,40,45-48,50-57,59-61,63-67H,3-5,7,9-11,13,15-17,19,21-26,28,31,33-37,39,41-44H2,1-2H3,(H,58,62)/b8-6-,14-12-,20-18-,29-27-,32-30+,40-38+. The summed E-state index contributed by atoms with van der Waals surface area (Å²) in [5, 5.41) is 86.9. The third-order valence-electron chi connectivity index (χ3n) is 13.1. The number of amides is 1. The molecule has 2 aliphatic heterocycles. The number of rotatable bonds is 42. The molecule has 9 N–H and O–H groups in total. The Hall–Kier alpha value is -2.57. The van der Waals surface area contributed by atoms with Crippen LogP contribution in [0.2, 0.25) is 0 Å². The van der Waals surface area contributed by atoms with E-state index in [9.17, 15) is 45.6 Å². The van der Waals surface area contributed by atoms with Crippen LogP contribution in [0.3, 0.4) is 0 Å². The van der Waals surface area contributed by atoms with Crippen molar-refractivity contribution in [2.75, 3.05) is 19.8 Å². The van der Waals surface area contributed by atoms with E-state index in [1.165, 1.54) is 89.9 Å². The van der Waals surface area contributed by atoms with Crippen LogP contribution in [0.15, 0.2) is 72.9 Å². The molecule has 0 aromatic carbocycles. The van der Waals surface area contributed by atoms with Crippen molar-refractivity contribution in [2.45, 2.75) is 261 Å². The van der Waals surface area contributed by atoms with Gasteiger partial charge in [0.2, 0.25) is 5.91 Å². The lowest BCUT2D eigenvalue weighted by atomic mass is 9.97. The van der Waals surface area contributed by atoms with Gasteiger partial charge in [0.1, 0.15) is 48.8 Å². The van der Waals surface area contributed by atoms with Crippen molar-refractivity contribution >= 4 is 5.91 Å². The first-order valence-corrected chi connectivity index (χ1v) is 27.7. The first kappa shape index (κ1) is 64.5. The Balaban J connectivity index is 1.84. The zero-order valence-corrected chi connectivity index (χ0v) is 43.7. The molecule has 0 bridgehead atoms. The molecule has 2 fully saturated rings. The summed E-state index contributed by atoms with van der Waals surface area (Å²) in [7, 11) is 0. The lowest BCUT2D eigenvalue weighted by molar-refractivity contribution is -0.359. The van der Waals surface area contributed by atoms with Crippen LogP contribution in [0.25, 0.3) is 0 Å². The highest BCUT2D eigenvalue weighted by Gasteiger charge is 2.51. The van der Waals surface area contributed by atoms with E-state index in [1.807, 2.05) is 6.08 Å². The van der Waals surface area contributed by atoms with Crippen LogP contribution in [0, 0.1) is 0 Å². The number of hydrogen-bond acceptors (Lipinski definition) is 13. The van der Waals surface area contributed by atoms with Gasteiger partial charge < -0.3 is 65.1 Å². The van der Waals surface area contributed by atoms with Crippen LogP contribution in [0.4, 0.5) is 0 Å². The highest BCUT2D eigenvalue weighted by molar-refractivity contribution is 5.76. The molecule has 1 amide bonds. The average Bonchev–Trinajstić information content (AvgIpc) is 3.37. The fraction of sp³-hybridized carbons (Fsp3) is 0.772. The van der Waals surface area contributed by atoms with E-state index < -0.39 is 86.8 Å². The van der Waals surface area contributed by atoms with Crippen molar-refractivity contribution in [3.63, 3.8) is 0 Å². The lowest BCUT2D eigenvalue weighted by Gasteiger charge is -2.46. The highest BCUT2D eigenvalue weighted by atomic mass is 16.7. The third kappa shape index (κ3) is 29.2. The van der Waals surface area contributed by atoms with Crippen LogP contribution in [-0.2, 0) is 23.7 Å². The Labute approximate surface area is 428 Å². The number of aliphatic hydroxyl groups excluding tert-OH is 8. The minimum Gasteiger partial charge on any atom is -0.394 e. The number of aliphatic hydroxyl groups is 8. The van der Waals surface area contributed by atoms with Gasteiger partial charge in [0.15, 0.2) is 12.6 Å². The number of carbonyl (C=O) groups is 1. The normalized spacial score (nSPS) is 26.3. The molecule has 14 heteroatoms. The molecule has 0 saturated carbocycles. The number of ether oxygens (including phenoxy) is 4. The molecule has 14 nitrogen and oxygen atoms in total. The second-order valence-corrected chi connectivity index (χ2v) is 19.3. The van der Waals surface area contributed by atoms with Gasteiger partial charge in [-0.05, 0) is 70.6 Å². The van der Waals surface area contributed by atoms with E-state index >= 15 is 0 Å². The van der Waals surface area contributed by atoms with Gasteiger partial charge in [-0.15, -0.1) is 0 Å². The summed E-state index contributed by atoms with van der Waals surface area (Å²) in [6, 6.07) is -0.948. The quantitative estimate of drug-likeness (QED) is 0.0207. The van der Waals surface area contributed by atoms with E-state index in [4.69, 9.17) is 18.9 Å². The minimum absolute atomic E-state index is 0.242. The molecular formula is C57H99NO13. The van der Waals surface area contributed by atoms with Crippen LogP contribution in [0.5, 0.6) is 0 Å². The number of nitrogens with one attached hydrogen (secondary N) is 1. The summed E-state index contributed by atoms with van der Waals surface area (Å²) in [6.07, 6.45) is 38.0. The predicted octanol–water partition coefficient (Wildman–Crippen LogP) is 8.38. The van der Waals surface area contributed by atoms with Crippen LogP contribution in [0.1, 0.15) is 187 Å². The molecule has 12 atom stereocenters. The van der Waals surface area contributed by atoms with Crippen LogP contribution >= 0.6 is 0 Å². The van der Waals surface area contributed by atoms with Crippen molar-refractivity contribution in [1.29, 1.82) is 0 Å². The summed E-state index contributed by atoms with van der Waals surface area (Å²) in [5.41, 5.74) is 0. The van der Waals surface area contributed by atoms with Crippen molar-refractivity contribution in [1.82, 2.24) is 5.32 Å². The monoisotopic (exact) mass is 1010 g/mol. The maximum Gasteiger partial charge on any atom is 0.220 e. The number of allylic oxidation sites excluding steroid dienone is 11. The number of unbranched alkanes of at least 4 members (excludes halogenated alkanes) is 19. The SMILES string of the molecule is CC/C=C\C/C=C\C/C=C\C/C=C\CCCCCCC(=O)NC(COC1OC(CO)C(OC2OC(CO)C(O)C(O)C2O)C(O)C1O)C(O)/C=C/CC/C=C/CCCCCCCCCCCCCCCC. The molecular weight excluding hydrogens is 907 g/mol. The Morgan fingerprint density at radius 1 is 0.521 bits per heavy atom.